The average Bonchev–Trinajstić information content (AvgIpc) is 1.87. The second-order valence-electron chi connectivity index (χ2n) is 2.25. The first-order valence-electron chi connectivity index (χ1n) is 3.71. The van der Waals surface area contributed by atoms with Crippen LogP contribution in [-0.4, -0.2) is 12.5 Å². The fourth-order valence-corrected chi connectivity index (χ4v) is 0.621. The Kier molecular flexibility index (Phi) is 6.18. The van der Waals surface area contributed by atoms with E-state index in [1.807, 2.05) is 0 Å². The third-order valence-electron chi connectivity index (χ3n) is 1.13. The Bertz CT molecular complexity index is 93.6. The molecule has 0 unspecified atom stereocenters. The summed E-state index contributed by atoms with van der Waals surface area (Å²) in [7, 11) is 0. The minimum atomic E-state index is -0.156. The predicted molar refractivity (Wildman–Crippen MR) is 40.3 cm³/mol. The van der Waals surface area contributed by atoms with Crippen LogP contribution in [0.5, 0.6) is 0 Å². The van der Waals surface area contributed by atoms with E-state index in [1.54, 1.807) is 0 Å². The molecule has 0 heterocycles. The number of nitrogens with one attached hydrogen (secondary N) is 1. The molecule has 0 atom stereocenters. The standard InChI is InChI=1S/C7H15N2O/c1-3-4-5-6-8-9-7(2)10/h8H,3-6H2,1-2H3. The SMILES string of the molecule is CCCCCN[N]C(C)=O. The maximum Gasteiger partial charge on any atom is 0.254 e. The zero-order valence-corrected chi connectivity index (χ0v) is 6.68. The smallest absolute Gasteiger partial charge is 0.254 e. The number of rotatable bonds is 5. The normalized spacial score (nSPS) is 9.40. The van der Waals surface area contributed by atoms with Crippen LogP contribution >= 0.6 is 0 Å². The highest BCUT2D eigenvalue weighted by molar-refractivity contribution is 5.71. The summed E-state index contributed by atoms with van der Waals surface area (Å²) < 4.78 is 0. The Morgan fingerprint density at radius 3 is 2.70 bits per heavy atom. The molecule has 0 spiro atoms. The van der Waals surface area contributed by atoms with Crippen LogP contribution in [0.2, 0.25) is 0 Å². The molecule has 0 aromatic carbocycles. The lowest BCUT2D eigenvalue weighted by molar-refractivity contribution is -0.120. The van der Waals surface area contributed by atoms with Crippen molar-refractivity contribution in [2.45, 2.75) is 33.1 Å². The van der Waals surface area contributed by atoms with Gasteiger partial charge in [-0.25, -0.2) is 5.43 Å². The third-order valence-corrected chi connectivity index (χ3v) is 1.13. The van der Waals surface area contributed by atoms with Crippen molar-refractivity contribution in [3.8, 4) is 0 Å². The maximum atomic E-state index is 10.2. The molecule has 1 amide bonds. The van der Waals surface area contributed by atoms with Gasteiger partial charge < -0.3 is 0 Å². The summed E-state index contributed by atoms with van der Waals surface area (Å²) in [6, 6.07) is 0. The van der Waals surface area contributed by atoms with Gasteiger partial charge in [0.15, 0.2) is 0 Å². The van der Waals surface area contributed by atoms with Gasteiger partial charge in [-0.2, -0.15) is 5.43 Å². The minimum absolute atomic E-state index is 0.156. The summed E-state index contributed by atoms with van der Waals surface area (Å²) in [4.78, 5) is 10.2. The largest absolute Gasteiger partial charge is 0.272 e. The zero-order chi connectivity index (χ0) is 7.82. The monoisotopic (exact) mass is 143 g/mol. The Balaban J connectivity index is 2.84. The van der Waals surface area contributed by atoms with Crippen molar-refractivity contribution in [1.29, 1.82) is 0 Å². The second kappa shape index (κ2) is 6.55. The van der Waals surface area contributed by atoms with Crippen LogP contribution in [0.1, 0.15) is 33.1 Å². The van der Waals surface area contributed by atoms with Crippen LogP contribution in [0.3, 0.4) is 0 Å². The molecule has 3 heteroatoms. The number of amides is 1. The second-order valence-corrected chi connectivity index (χ2v) is 2.25. The summed E-state index contributed by atoms with van der Waals surface area (Å²) in [6.45, 7) is 4.39. The van der Waals surface area contributed by atoms with Crippen LogP contribution in [0.25, 0.3) is 0 Å². The number of hydrogen-bond acceptors (Lipinski definition) is 2. The lowest BCUT2D eigenvalue weighted by Gasteiger charge is -1.99. The molecule has 0 aromatic rings. The molecule has 0 bridgehead atoms. The van der Waals surface area contributed by atoms with Gasteiger partial charge in [0.05, 0.1) is 0 Å². The number of nitrogens with zero attached hydrogens (tertiary/aromatic N) is 1. The van der Waals surface area contributed by atoms with Gasteiger partial charge in [0.1, 0.15) is 0 Å². The van der Waals surface area contributed by atoms with Crippen molar-refractivity contribution in [2.75, 3.05) is 6.54 Å². The van der Waals surface area contributed by atoms with Gasteiger partial charge >= 0.3 is 0 Å². The molecule has 0 rings (SSSR count). The third kappa shape index (κ3) is 7.43. The predicted octanol–water partition coefficient (Wildman–Crippen LogP) is 0.832. The first kappa shape index (κ1) is 9.43. The van der Waals surface area contributed by atoms with E-state index in [0.717, 1.165) is 13.0 Å². The Hall–Kier alpha value is -0.570. The lowest BCUT2D eigenvalue weighted by atomic mass is 10.2. The summed E-state index contributed by atoms with van der Waals surface area (Å²) in [5, 5.41) is 0. The topological polar surface area (TPSA) is 43.2 Å². The lowest BCUT2D eigenvalue weighted by Crippen LogP contribution is -2.28. The summed E-state index contributed by atoms with van der Waals surface area (Å²) in [6.07, 6.45) is 3.48. The molecule has 0 saturated carbocycles. The van der Waals surface area contributed by atoms with Crippen LogP contribution < -0.4 is 10.9 Å². The van der Waals surface area contributed by atoms with E-state index in [4.69, 9.17) is 0 Å². The first-order chi connectivity index (χ1) is 4.77. The van der Waals surface area contributed by atoms with E-state index in [2.05, 4.69) is 17.8 Å². The highest BCUT2D eigenvalue weighted by Gasteiger charge is 1.90. The minimum Gasteiger partial charge on any atom is -0.272 e. The van der Waals surface area contributed by atoms with Crippen molar-refractivity contribution in [3.05, 3.63) is 0 Å². The number of carbonyl (C=O) groups is 1. The molecule has 59 valence electrons. The highest BCUT2D eigenvalue weighted by atomic mass is 16.2. The average molecular weight is 143 g/mol. The Morgan fingerprint density at radius 1 is 1.50 bits per heavy atom. The van der Waals surface area contributed by atoms with Gasteiger partial charge in [-0.1, -0.05) is 19.8 Å². The zero-order valence-electron chi connectivity index (χ0n) is 6.68. The quantitative estimate of drug-likeness (QED) is 0.457. The van der Waals surface area contributed by atoms with E-state index in [-0.39, 0.29) is 5.91 Å². The van der Waals surface area contributed by atoms with Crippen LogP contribution in [-0.2, 0) is 4.79 Å². The van der Waals surface area contributed by atoms with E-state index >= 15 is 0 Å². The van der Waals surface area contributed by atoms with Crippen molar-refractivity contribution in [1.82, 2.24) is 10.9 Å². The fraction of sp³-hybridized carbons (Fsp3) is 0.857. The maximum absolute atomic E-state index is 10.2. The molecule has 1 N–H and O–H groups in total. The molecule has 0 aliphatic carbocycles. The molecule has 0 aliphatic rings. The molecular weight excluding hydrogens is 128 g/mol. The van der Waals surface area contributed by atoms with Gasteiger partial charge in [-0.3, -0.25) is 4.79 Å². The van der Waals surface area contributed by atoms with E-state index in [1.165, 1.54) is 19.8 Å². The van der Waals surface area contributed by atoms with E-state index in [0.29, 0.717) is 0 Å². The van der Waals surface area contributed by atoms with E-state index < -0.39 is 0 Å². The van der Waals surface area contributed by atoms with Gasteiger partial charge in [-0.15, -0.1) is 0 Å². The van der Waals surface area contributed by atoms with Crippen LogP contribution in [0.15, 0.2) is 0 Å². The van der Waals surface area contributed by atoms with E-state index in [9.17, 15) is 4.79 Å². The molecule has 0 fully saturated rings. The Labute approximate surface area is 62.2 Å². The molecule has 0 aromatic heterocycles. The molecule has 3 nitrogen and oxygen atoms in total. The van der Waals surface area contributed by atoms with Crippen LogP contribution in [0.4, 0.5) is 0 Å². The summed E-state index contributed by atoms with van der Waals surface area (Å²) >= 11 is 0. The molecule has 10 heavy (non-hydrogen) atoms. The van der Waals surface area contributed by atoms with Crippen molar-refractivity contribution in [2.24, 2.45) is 0 Å². The molecular formula is C7H15N2O. The van der Waals surface area contributed by atoms with Gasteiger partial charge in [0, 0.05) is 13.5 Å². The van der Waals surface area contributed by atoms with Gasteiger partial charge in [-0.05, 0) is 6.42 Å². The van der Waals surface area contributed by atoms with Crippen LogP contribution in [0, 0.1) is 0 Å². The molecule has 0 aliphatic heterocycles. The first-order valence-corrected chi connectivity index (χ1v) is 3.71. The summed E-state index contributed by atoms with van der Waals surface area (Å²) in [5.41, 5.74) is 6.20. The van der Waals surface area contributed by atoms with Crippen molar-refractivity contribution >= 4 is 5.91 Å². The number of carbonyl (C=O) groups excluding carboxylic acids is 1. The highest BCUT2D eigenvalue weighted by Crippen LogP contribution is 1.89. The number of hydrogen-bond donors (Lipinski definition) is 1. The van der Waals surface area contributed by atoms with Crippen molar-refractivity contribution in [3.63, 3.8) is 0 Å². The Morgan fingerprint density at radius 2 is 2.20 bits per heavy atom. The van der Waals surface area contributed by atoms with Crippen molar-refractivity contribution < 1.29 is 4.79 Å². The molecule has 1 radical (unpaired) electrons. The number of unbranched alkanes of at least 4 members (excludes halogenated alkanes) is 2. The summed E-state index contributed by atoms with van der Waals surface area (Å²) in [5.74, 6) is -0.156. The molecule has 0 saturated heterocycles. The van der Waals surface area contributed by atoms with Gasteiger partial charge in [0.25, 0.3) is 5.91 Å². The fourth-order valence-electron chi connectivity index (χ4n) is 0.621. The van der Waals surface area contributed by atoms with Gasteiger partial charge in [0.2, 0.25) is 0 Å².